The van der Waals surface area contributed by atoms with Crippen molar-refractivity contribution in [2.45, 2.75) is 20.5 Å². The van der Waals surface area contributed by atoms with Gasteiger partial charge in [0, 0.05) is 11.6 Å². The smallest absolute Gasteiger partial charge is 0.276 e. The van der Waals surface area contributed by atoms with Crippen LogP contribution in [0, 0.1) is 0 Å². The molecule has 2 aromatic carbocycles. The summed E-state index contributed by atoms with van der Waals surface area (Å²) in [4.78, 5) is 13.9. The standard InChI is InChI=1S/C21H20BrClN2O3S/c1-3-25-20(26)17(24-21(25)29)10-14-9-16(22)19(18(11-14)27-4-2)28-12-13-6-5-7-15(23)8-13/h5-11H,3-4,12H2,1-2H3,(H,24,29)/b17-10-. The van der Waals surface area contributed by atoms with Crippen molar-refractivity contribution >= 4 is 56.8 Å². The second-order valence-electron chi connectivity index (χ2n) is 6.22. The molecule has 0 radical (unpaired) electrons. The topological polar surface area (TPSA) is 50.8 Å². The minimum Gasteiger partial charge on any atom is -0.490 e. The van der Waals surface area contributed by atoms with Crippen LogP contribution in [-0.2, 0) is 11.4 Å². The molecule has 8 heteroatoms. The van der Waals surface area contributed by atoms with Gasteiger partial charge < -0.3 is 14.8 Å². The van der Waals surface area contributed by atoms with E-state index in [1.807, 2.05) is 50.2 Å². The lowest BCUT2D eigenvalue weighted by atomic mass is 10.1. The number of halogens is 2. The number of amides is 1. The second kappa shape index (κ2) is 9.61. The summed E-state index contributed by atoms with van der Waals surface area (Å²) >= 11 is 14.8. The molecule has 1 heterocycles. The molecule has 1 N–H and O–H groups in total. The first-order valence-corrected chi connectivity index (χ1v) is 10.7. The van der Waals surface area contributed by atoms with Gasteiger partial charge in [-0.1, -0.05) is 23.7 Å². The molecular formula is C21H20BrClN2O3S. The fourth-order valence-electron chi connectivity index (χ4n) is 2.88. The predicted molar refractivity (Wildman–Crippen MR) is 122 cm³/mol. The molecule has 1 aliphatic rings. The molecule has 0 unspecified atom stereocenters. The van der Waals surface area contributed by atoms with Crippen LogP contribution in [0.25, 0.3) is 6.08 Å². The molecule has 1 aliphatic heterocycles. The lowest BCUT2D eigenvalue weighted by Crippen LogP contribution is -2.30. The first kappa shape index (κ1) is 21.6. The number of carbonyl (C=O) groups is 1. The number of hydrogen-bond donors (Lipinski definition) is 1. The number of nitrogens with one attached hydrogen (secondary N) is 1. The number of rotatable bonds is 7. The van der Waals surface area contributed by atoms with Gasteiger partial charge in [0.05, 0.1) is 11.1 Å². The van der Waals surface area contributed by atoms with Crippen molar-refractivity contribution in [3.8, 4) is 11.5 Å². The number of thiocarbonyl (C=S) groups is 1. The summed E-state index contributed by atoms with van der Waals surface area (Å²) < 4.78 is 12.5. The van der Waals surface area contributed by atoms with Crippen LogP contribution >= 0.6 is 39.7 Å². The highest BCUT2D eigenvalue weighted by Crippen LogP contribution is 2.38. The van der Waals surface area contributed by atoms with Crippen molar-refractivity contribution in [2.75, 3.05) is 13.2 Å². The Kier molecular flexibility index (Phi) is 7.16. The molecule has 29 heavy (non-hydrogen) atoms. The SMILES string of the molecule is CCOc1cc(/C=C2\NC(=S)N(CC)C2=O)cc(Br)c1OCc1cccc(Cl)c1. The Labute approximate surface area is 188 Å². The zero-order valence-electron chi connectivity index (χ0n) is 16.0. The lowest BCUT2D eigenvalue weighted by Gasteiger charge is -2.15. The maximum Gasteiger partial charge on any atom is 0.276 e. The van der Waals surface area contributed by atoms with Crippen molar-refractivity contribution < 1.29 is 14.3 Å². The van der Waals surface area contributed by atoms with Gasteiger partial charge in [-0.2, -0.15) is 0 Å². The van der Waals surface area contributed by atoms with Gasteiger partial charge in [0.15, 0.2) is 16.6 Å². The van der Waals surface area contributed by atoms with Crippen LogP contribution in [0.15, 0.2) is 46.6 Å². The van der Waals surface area contributed by atoms with Crippen molar-refractivity contribution in [2.24, 2.45) is 0 Å². The Bertz CT molecular complexity index is 980. The monoisotopic (exact) mass is 494 g/mol. The number of benzene rings is 2. The van der Waals surface area contributed by atoms with Crippen LogP contribution in [0.4, 0.5) is 0 Å². The lowest BCUT2D eigenvalue weighted by molar-refractivity contribution is -0.122. The average molecular weight is 496 g/mol. The van der Waals surface area contributed by atoms with Crippen molar-refractivity contribution in [1.82, 2.24) is 10.2 Å². The summed E-state index contributed by atoms with van der Waals surface area (Å²) in [7, 11) is 0. The van der Waals surface area contributed by atoms with Crippen molar-refractivity contribution in [3.63, 3.8) is 0 Å². The van der Waals surface area contributed by atoms with E-state index in [1.165, 1.54) is 4.90 Å². The molecule has 0 spiro atoms. The zero-order chi connectivity index (χ0) is 21.0. The molecule has 2 aromatic rings. The summed E-state index contributed by atoms with van der Waals surface area (Å²) in [6.45, 7) is 5.13. The highest BCUT2D eigenvalue weighted by atomic mass is 79.9. The highest BCUT2D eigenvalue weighted by Gasteiger charge is 2.29. The third-order valence-corrected chi connectivity index (χ3v) is 5.34. The Balaban J connectivity index is 1.87. The van der Waals surface area contributed by atoms with Crippen molar-refractivity contribution in [1.29, 1.82) is 0 Å². The Morgan fingerprint density at radius 3 is 2.69 bits per heavy atom. The van der Waals surface area contributed by atoms with E-state index in [4.69, 9.17) is 33.3 Å². The Hall–Kier alpha value is -2.09. The van der Waals surface area contributed by atoms with E-state index < -0.39 is 0 Å². The van der Waals surface area contributed by atoms with Gasteiger partial charge in [-0.3, -0.25) is 9.69 Å². The number of ether oxygens (including phenoxy) is 2. The maximum absolute atomic E-state index is 12.4. The third-order valence-electron chi connectivity index (χ3n) is 4.19. The Morgan fingerprint density at radius 2 is 2.03 bits per heavy atom. The number of hydrogen-bond acceptors (Lipinski definition) is 4. The van der Waals surface area contributed by atoms with Crippen LogP contribution in [0.3, 0.4) is 0 Å². The van der Waals surface area contributed by atoms with Gasteiger partial charge in [0.25, 0.3) is 5.91 Å². The minimum atomic E-state index is -0.145. The van der Waals surface area contributed by atoms with E-state index in [-0.39, 0.29) is 5.91 Å². The van der Waals surface area contributed by atoms with E-state index in [1.54, 1.807) is 6.08 Å². The summed E-state index contributed by atoms with van der Waals surface area (Å²) in [5.41, 5.74) is 2.16. The molecule has 152 valence electrons. The number of nitrogens with zero attached hydrogens (tertiary/aromatic N) is 1. The van der Waals surface area contributed by atoms with Crippen LogP contribution in [-0.4, -0.2) is 29.1 Å². The molecule has 0 saturated carbocycles. The van der Waals surface area contributed by atoms with Crippen molar-refractivity contribution in [3.05, 3.63) is 62.7 Å². The molecule has 1 saturated heterocycles. The number of likely N-dealkylation sites (N-methyl/N-ethyl adjacent to an activating group) is 1. The van der Waals surface area contributed by atoms with Gasteiger partial charge in [-0.15, -0.1) is 0 Å². The summed E-state index contributed by atoms with van der Waals surface area (Å²) in [5.74, 6) is 1.02. The molecule has 1 fully saturated rings. The molecule has 5 nitrogen and oxygen atoms in total. The van der Waals surface area contributed by atoms with E-state index in [2.05, 4.69) is 21.2 Å². The van der Waals surface area contributed by atoms with Gasteiger partial charge in [0.1, 0.15) is 12.3 Å². The van der Waals surface area contributed by atoms with E-state index >= 15 is 0 Å². The maximum atomic E-state index is 12.4. The molecule has 0 aliphatic carbocycles. The first-order valence-electron chi connectivity index (χ1n) is 9.11. The molecule has 3 rings (SSSR count). The van der Waals surface area contributed by atoms with E-state index in [9.17, 15) is 4.79 Å². The predicted octanol–water partition coefficient (Wildman–Crippen LogP) is 5.16. The largest absolute Gasteiger partial charge is 0.490 e. The van der Waals surface area contributed by atoms with Crippen LogP contribution < -0.4 is 14.8 Å². The third kappa shape index (κ3) is 5.10. The Morgan fingerprint density at radius 1 is 1.24 bits per heavy atom. The van der Waals surface area contributed by atoms with E-state index in [0.717, 1.165) is 15.6 Å². The molecule has 0 aromatic heterocycles. The first-order chi connectivity index (χ1) is 13.9. The van der Waals surface area contributed by atoms with Gasteiger partial charge >= 0.3 is 0 Å². The van der Waals surface area contributed by atoms with Crippen LogP contribution in [0.5, 0.6) is 11.5 Å². The summed E-state index contributed by atoms with van der Waals surface area (Å²) in [6.07, 6.45) is 1.75. The number of carbonyl (C=O) groups excluding carboxylic acids is 1. The van der Waals surface area contributed by atoms with Crippen LogP contribution in [0.1, 0.15) is 25.0 Å². The zero-order valence-corrected chi connectivity index (χ0v) is 19.2. The average Bonchev–Trinajstić information content (AvgIpc) is 2.94. The molecular weight excluding hydrogens is 476 g/mol. The molecule has 0 bridgehead atoms. The van der Waals surface area contributed by atoms with Gasteiger partial charge in [-0.25, -0.2) is 0 Å². The van der Waals surface area contributed by atoms with E-state index in [0.29, 0.717) is 47.1 Å². The quantitative estimate of drug-likeness (QED) is 0.425. The summed E-state index contributed by atoms with van der Waals surface area (Å²) in [5, 5.41) is 4.03. The summed E-state index contributed by atoms with van der Waals surface area (Å²) in [6, 6.07) is 11.2. The van der Waals surface area contributed by atoms with Gasteiger partial charge in [-0.05, 0) is 83.5 Å². The minimum absolute atomic E-state index is 0.145. The fraction of sp³-hybridized carbons (Fsp3) is 0.238. The van der Waals surface area contributed by atoms with Crippen LogP contribution in [0.2, 0.25) is 5.02 Å². The normalized spacial score (nSPS) is 15.0. The van der Waals surface area contributed by atoms with Gasteiger partial charge in [0.2, 0.25) is 0 Å². The molecule has 1 amide bonds. The fourth-order valence-corrected chi connectivity index (χ4v) is 3.99. The highest BCUT2D eigenvalue weighted by molar-refractivity contribution is 9.10. The second-order valence-corrected chi connectivity index (χ2v) is 7.90. The molecule has 0 atom stereocenters.